The van der Waals surface area contributed by atoms with Crippen molar-refractivity contribution in [3.63, 3.8) is 0 Å². The number of aromatic nitrogens is 1. The van der Waals surface area contributed by atoms with Gasteiger partial charge in [-0.15, -0.1) is 0 Å². The third-order valence-corrected chi connectivity index (χ3v) is 5.85. The molecule has 156 valence electrons. The van der Waals surface area contributed by atoms with E-state index in [0.717, 1.165) is 55.8 Å². The first kappa shape index (κ1) is 20.1. The first-order valence-corrected chi connectivity index (χ1v) is 10.2. The van der Waals surface area contributed by atoms with Gasteiger partial charge >= 0.3 is 0 Å². The molecule has 1 aliphatic heterocycles. The molecule has 2 heterocycles. The first-order valence-electron chi connectivity index (χ1n) is 10.2. The lowest BCUT2D eigenvalue weighted by Gasteiger charge is -2.32. The van der Waals surface area contributed by atoms with Crippen molar-refractivity contribution >= 4 is 22.1 Å². The van der Waals surface area contributed by atoms with Crippen molar-refractivity contribution in [1.29, 1.82) is 0 Å². The number of rotatable bonds is 7. The molecule has 0 saturated carbocycles. The van der Waals surface area contributed by atoms with Gasteiger partial charge in [0, 0.05) is 42.6 Å². The smallest absolute Gasteiger partial charge is 0.278 e. The van der Waals surface area contributed by atoms with Gasteiger partial charge in [-0.2, -0.15) is 0 Å². The number of nitro benzene ring substituents is 1. The largest absolute Gasteiger partial charge is 0.497 e. The van der Waals surface area contributed by atoms with E-state index in [1.807, 2.05) is 18.2 Å². The summed E-state index contributed by atoms with van der Waals surface area (Å²) >= 11 is 0. The number of benzene rings is 2. The number of nitro groups is 1. The van der Waals surface area contributed by atoms with Gasteiger partial charge in [-0.1, -0.05) is 12.1 Å². The van der Waals surface area contributed by atoms with E-state index >= 15 is 0 Å². The van der Waals surface area contributed by atoms with Crippen molar-refractivity contribution in [2.75, 3.05) is 32.1 Å². The SMILES string of the molecule is COc1ccc(CN2CCC(CNc3ccc([N+](=O)[O-])c4cnccc34)CC2)cc1. The maximum absolute atomic E-state index is 11.3. The van der Waals surface area contributed by atoms with E-state index in [0.29, 0.717) is 11.3 Å². The second kappa shape index (κ2) is 9.09. The molecular formula is C23H26N4O3. The van der Waals surface area contributed by atoms with E-state index in [1.165, 1.54) is 5.56 Å². The molecule has 0 bridgehead atoms. The Balaban J connectivity index is 1.33. The zero-order chi connectivity index (χ0) is 20.9. The Kier molecular flexibility index (Phi) is 6.09. The van der Waals surface area contributed by atoms with Crippen LogP contribution in [0.3, 0.4) is 0 Å². The van der Waals surface area contributed by atoms with Crippen molar-refractivity contribution in [2.45, 2.75) is 19.4 Å². The van der Waals surface area contributed by atoms with Crippen LogP contribution in [0.15, 0.2) is 54.9 Å². The number of non-ortho nitro benzene ring substituents is 1. The van der Waals surface area contributed by atoms with E-state index in [2.05, 4.69) is 27.3 Å². The molecule has 0 spiro atoms. The standard InChI is InChI=1S/C23H26N4O3/c1-30-19-4-2-18(3-5-19)16-26-12-9-17(10-13-26)14-25-22-6-7-23(27(28)29)21-15-24-11-8-20(21)22/h2-8,11,15,17,25H,9-10,12-14,16H2,1H3. The number of hydrogen-bond donors (Lipinski definition) is 1. The van der Waals surface area contributed by atoms with Crippen LogP contribution in [0.4, 0.5) is 11.4 Å². The predicted molar refractivity (Wildman–Crippen MR) is 118 cm³/mol. The van der Waals surface area contributed by atoms with Gasteiger partial charge in [0.2, 0.25) is 0 Å². The van der Waals surface area contributed by atoms with Crippen LogP contribution in [0.2, 0.25) is 0 Å². The van der Waals surface area contributed by atoms with E-state index in [-0.39, 0.29) is 10.6 Å². The van der Waals surface area contributed by atoms with Crippen LogP contribution in [0.5, 0.6) is 5.75 Å². The first-order chi connectivity index (χ1) is 14.6. The van der Waals surface area contributed by atoms with Crippen LogP contribution in [0, 0.1) is 16.0 Å². The number of nitrogens with one attached hydrogen (secondary N) is 1. The molecule has 0 unspecified atom stereocenters. The van der Waals surface area contributed by atoms with Crippen LogP contribution in [0.25, 0.3) is 10.8 Å². The maximum atomic E-state index is 11.3. The summed E-state index contributed by atoms with van der Waals surface area (Å²) in [4.78, 5) is 17.5. The zero-order valence-electron chi connectivity index (χ0n) is 17.1. The van der Waals surface area contributed by atoms with Crippen molar-refractivity contribution < 1.29 is 9.66 Å². The molecule has 1 saturated heterocycles. The number of ether oxygens (including phenoxy) is 1. The quantitative estimate of drug-likeness (QED) is 0.460. The average molecular weight is 406 g/mol. The van der Waals surface area contributed by atoms with Crippen molar-refractivity contribution in [1.82, 2.24) is 9.88 Å². The molecule has 30 heavy (non-hydrogen) atoms. The van der Waals surface area contributed by atoms with Gasteiger partial charge in [-0.05, 0) is 61.7 Å². The zero-order valence-corrected chi connectivity index (χ0v) is 17.1. The average Bonchev–Trinajstić information content (AvgIpc) is 2.78. The molecule has 1 aliphatic rings. The summed E-state index contributed by atoms with van der Waals surface area (Å²) in [5.74, 6) is 1.47. The molecule has 3 aromatic rings. The lowest BCUT2D eigenvalue weighted by molar-refractivity contribution is -0.383. The number of fused-ring (bicyclic) bond motifs is 1. The highest BCUT2D eigenvalue weighted by atomic mass is 16.6. The van der Waals surface area contributed by atoms with Gasteiger partial charge in [0.15, 0.2) is 0 Å². The van der Waals surface area contributed by atoms with E-state index in [4.69, 9.17) is 4.74 Å². The monoisotopic (exact) mass is 406 g/mol. The van der Waals surface area contributed by atoms with Crippen LogP contribution >= 0.6 is 0 Å². The lowest BCUT2D eigenvalue weighted by atomic mass is 9.96. The molecule has 0 aliphatic carbocycles. The molecule has 1 fully saturated rings. The number of pyridine rings is 1. The maximum Gasteiger partial charge on any atom is 0.278 e. The van der Waals surface area contributed by atoms with E-state index < -0.39 is 0 Å². The van der Waals surface area contributed by atoms with E-state index in [1.54, 1.807) is 31.6 Å². The molecular weight excluding hydrogens is 380 g/mol. The van der Waals surface area contributed by atoms with E-state index in [9.17, 15) is 10.1 Å². The summed E-state index contributed by atoms with van der Waals surface area (Å²) in [6, 6.07) is 13.5. The molecule has 2 aromatic carbocycles. The fraction of sp³-hybridized carbons (Fsp3) is 0.348. The van der Waals surface area contributed by atoms with Crippen LogP contribution < -0.4 is 10.1 Å². The number of methoxy groups -OCH3 is 1. The minimum absolute atomic E-state index is 0.0930. The summed E-state index contributed by atoms with van der Waals surface area (Å²) in [5.41, 5.74) is 2.33. The third kappa shape index (κ3) is 4.52. The van der Waals surface area contributed by atoms with Crippen LogP contribution in [-0.4, -0.2) is 41.6 Å². The fourth-order valence-corrected chi connectivity index (χ4v) is 4.08. The van der Waals surface area contributed by atoms with Gasteiger partial charge in [-0.25, -0.2) is 0 Å². The number of piperidine rings is 1. The van der Waals surface area contributed by atoms with Gasteiger partial charge in [0.1, 0.15) is 5.75 Å². The molecule has 7 heteroatoms. The summed E-state index contributed by atoms with van der Waals surface area (Å²) in [5, 5.41) is 16.2. The second-order valence-corrected chi connectivity index (χ2v) is 7.76. The Morgan fingerprint density at radius 2 is 1.90 bits per heavy atom. The molecule has 1 N–H and O–H groups in total. The number of likely N-dealkylation sites (tertiary alicyclic amines) is 1. The van der Waals surface area contributed by atoms with Gasteiger partial charge < -0.3 is 10.1 Å². The van der Waals surface area contributed by atoms with Gasteiger partial charge in [-0.3, -0.25) is 20.0 Å². The van der Waals surface area contributed by atoms with Crippen molar-refractivity contribution in [2.24, 2.45) is 5.92 Å². The number of nitrogens with zero attached hydrogens (tertiary/aromatic N) is 3. The van der Waals surface area contributed by atoms with Crippen molar-refractivity contribution in [3.8, 4) is 5.75 Å². The van der Waals surface area contributed by atoms with Crippen LogP contribution in [0.1, 0.15) is 18.4 Å². The number of hydrogen-bond acceptors (Lipinski definition) is 6. The molecule has 0 amide bonds. The fourth-order valence-electron chi connectivity index (χ4n) is 4.08. The molecule has 0 radical (unpaired) electrons. The Morgan fingerprint density at radius 1 is 1.13 bits per heavy atom. The summed E-state index contributed by atoms with van der Waals surface area (Å²) in [7, 11) is 1.68. The normalized spacial score (nSPS) is 15.2. The Labute approximate surface area is 175 Å². The van der Waals surface area contributed by atoms with Crippen molar-refractivity contribution in [3.05, 3.63) is 70.5 Å². The highest BCUT2D eigenvalue weighted by molar-refractivity contribution is 5.99. The highest BCUT2D eigenvalue weighted by Crippen LogP contribution is 2.31. The minimum atomic E-state index is -0.355. The third-order valence-electron chi connectivity index (χ3n) is 5.85. The Hall–Kier alpha value is -3.19. The summed E-state index contributed by atoms with van der Waals surface area (Å²) < 4.78 is 5.22. The predicted octanol–water partition coefficient (Wildman–Crippen LogP) is 4.48. The second-order valence-electron chi connectivity index (χ2n) is 7.76. The summed E-state index contributed by atoms with van der Waals surface area (Å²) in [6.45, 7) is 3.97. The highest BCUT2D eigenvalue weighted by Gasteiger charge is 2.20. The molecule has 1 aromatic heterocycles. The minimum Gasteiger partial charge on any atom is -0.497 e. The Morgan fingerprint density at radius 3 is 2.60 bits per heavy atom. The molecule has 0 atom stereocenters. The summed E-state index contributed by atoms with van der Waals surface area (Å²) in [6.07, 6.45) is 5.51. The molecule has 7 nitrogen and oxygen atoms in total. The van der Waals surface area contributed by atoms with Gasteiger partial charge in [0.25, 0.3) is 5.69 Å². The Bertz CT molecular complexity index is 1010. The number of anilines is 1. The topological polar surface area (TPSA) is 80.5 Å². The lowest BCUT2D eigenvalue weighted by Crippen LogP contribution is -2.35. The molecule has 4 rings (SSSR count). The van der Waals surface area contributed by atoms with Gasteiger partial charge in [0.05, 0.1) is 17.4 Å². The van der Waals surface area contributed by atoms with Crippen LogP contribution in [-0.2, 0) is 6.54 Å².